The van der Waals surface area contributed by atoms with E-state index in [0.717, 1.165) is 13.1 Å². The summed E-state index contributed by atoms with van der Waals surface area (Å²) in [6.07, 6.45) is 0. The molecule has 2 nitrogen and oxygen atoms in total. The summed E-state index contributed by atoms with van der Waals surface area (Å²) in [6, 6.07) is 7.10. The Balaban J connectivity index is 2.90. The maximum Gasteiger partial charge on any atom is 0.0510 e. The fourth-order valence-corrected chi connectivity index (χ4v) is 2.71. The molecular formula is C16H27BrN2. The summed E-state index contributed by atoms with van der Waals surface area (Å²) in [7, 11) is 2.17. The molecule has 108 valence electrons. The summed E-state index contributed by atoms with van der Waals surface area (Å²) in [5.74, 6) is 0. The van der Waals surface area contributed by atoms with Gasteiger partial charge in [0.05, 0.1) is 5.69 Å². The number of halogens is 1. The molecule has 3 heteroatoms. The highest BCUT2D eigenvalue weighted by Crippen LogP contribution is 2.32. The quantitative estimate of drug-likeness (QED) is 0.861. The Kier molecular flexibility index (Phi) is 5.87. The normalized spacial score (nSPS) is 13.4. The number of nitrogens with one attached hydrogen (secondary N) is 1. The van der Waals surface area contributed by atoms with Gasteiger partial charge in [-0.05, 0) is 52.5 Å². The van der Waals surface area contributed by atoms with Crippen molar-refractivity contribution in [3.8, 4) is 0 Å². The molecule has 1 aromatic rings. The Labute approximate surface area is 126 Å². The van der Waals surface area contributed by atoms with Crippen LogP contribution in [0.4, 0.5) is 5.69 Å². The predicted molar refractivity (Wildman–Crippen MR) is 88.8 cm³/mol. The number of anilines is 1. The van der Waals surface area contributed by atoms with E-state index in [9.17, 15) is 0 Å². The summed E-state index contributed by atoms with van der Waals surface area (Å²) < 4.78 is 1.17. The predicted octanol–water partition coefficient (Wildman–Crippen LogP) is 4.43. The molecular weight excluding hydrogens is 300 g/mol. The smallest absolute Gasteiger partial charge is 0.0510 e. The van der Waals surface area contributed by atoms with Crippen molar-refractivity contribution < 1.29 is 0 Å². The van der Waals surface area contributed by atoms with Gasteiger partial charge in [0, 0.05) is 24.1 Å². The maximum absolute atomic E-state index is 3.71. The van der Waals surface area contributed by atoms with Crippen LogP contribution in [0, 0.1) is 5.41 Å². The van der Waals surface area contributed by atoms with Crippen molar-refractivity contribution in [3.63, 3.8) is 0 Å². The molecule has 1 atom stereocenters. The molecule has 0 aliphatic heterocycles. The molecule has 0 heterocycles. The van der Waals surface area contributed by atoms with E-state index < -0.39 is 0 Å². The molecule has 0 saturated carbocycles. The Bertz CT molecular complexity index is 410. The standard InChI is InChI=1S/C16H27BrN2/c1-7-18-11-13-8-9-15(14(17)10-13)19(6)12(2)16(3,4)5/h8-10,12,18H,7,11H2,1-6H3. The van der Waals surface area contributed by atoms with Crippen molar-refractivity contribution in [1.82, 2.24) is 5.32 Å². The number of benzene rings is 1. The molecule has 0 aromatic heterocycles. The summed E-state index contributed by atoms with van der Waals surface area (Å²) in [5.41, 5.74) is 2.83. The van der Waals surface area contributed by atoms with Gasteiger partial charge in [-0.3, -0.25) is 0 Å². The average molecular weight is 327 g/mol. The Morgan fingerprint density at radius 3 is 2.42 bits per heavy atom. The van der Waals surface area contributed by atoms with Crippen molar-refractivity contribution in [3.05, 3.63) is 28.2 Å². The van der Waals surface area contributed by atoms with Crippen LogP contribution in [-0.2, 0) is 6.54 Å². The van der Waals surface area contributed by atoms with Crippen molar-refractivity contribution >= 4 is 21.6 Å². The highest BCUT2D eigenvalue weighted by atomic mass is 79.9. The van der Waals surface area contributed by atoms with Gasteiger partial charge < -0.3 is 10.2 Å². The molecule has 19 heavy (non-hydrogen) atoms. The number of nitrogens with zero attached hydrogens (tertiary/aromatic N) is 1. The van der Waals surface area contributed by atoms with Crippen molar-refractivity contribution in [2.24, 2.45) is 5.41 Å². The third-order valence-electron chi connectivity index (χ3n) is 3.81. The lowest BCUT2D eigenvalue weighted by Crippen LogP contribution is -2.39. The first-order valence-corrected chi connectivity index (χ1v) is 7.78. The summed E-state index contributed by atoms with van der Waals surface area (Å²) >= 11 is 3.71. The molecule has 0 aliphatic rings. The van der Waals surface area contributed by atoms with E-state index in [1.54, 1.807) is 0 Å². The number of hydrogen-bond donors (Lipinski definition) is 1. The van der Waals surface area contributed by atoms with E-state index in [2.05, 4.69) is 86.0 Å². The fourth-order valence-electron chi connectivity index (χ4n) is 2.01. The lowest BCUT2D eigenvalue weighted by molar-refractivity contribution is 0.329. The fraction of sp³-hybridized carbons (Fsp3) is 0.625. The van der Waals surface area contributed by atoms with Gasteiger partial charge in [0.1, 0.15) is 0 Å². The van der Waals surface area contributed by atoms with E-state index in [4.69, 9.17) is 0 Å². The first-order valence-electron chi connectivity index (χ1n) is 6.99. The molecule has 0 fully saturated rings. The molecule has 0 saturated heterocycles. The van der Waals surface area contributed by atoms with Crippen LogP contribution in [0.15, 0.2) is 22.7 Å². The summed E-state index contributed by atoms with van der Waals surface area (Å²) in [5, 5.41) is 3.35. The van der Waals surface area contributed by atoms with Gasteiger partial charge in [-0.2, -0.15) is 0 Å². The van der Waals surface area contributed by atoms with Crippen molar-refractivity contribution in [2.45, 2.75) is 47.2 Å². The minimum Gasteiger partial charge on any atom is -0.370 e. The first kappa shape index (κ1) is 16.5. The summed E-state index contributed by atoms with van der Waals surface area (Å²) in [4.78, 5) is 2.35. The Morgan fingerprint density at radius 1 is 1.32 bits per heavy atom. The lowest BCUT2D eigenvalue weighted by atomic mass is 9.87. The van der Waals surface area contributed by atoms with Crippen molar-refractivity contribution in [1.29, 1.82) is 0 Å². The third kappa shape index (κ3) is 4.50. The van der Waals surface area contributed by atoms with Crippen LogP contribution < -0.4 is 10.2 Å². The molecule has 1 unspecified atom stereocenters. The molecule has 1 N–H and O–H groups in total. The maximum atomic E-state index is 3.71. The zero-order valence-electron chi connectivity index (χ0n) is 13.0. The molecule has 0 spiro atoms. The minimum absolute atomic E-state index is 0.261. The van der Waals surface area contributed by atoms with E-state index in [0.29, 0.717) is 6.04 Å². The second kappa shape index (κ2) is 6.76. The SMILES string of the molecule is CCNCc1ccc(N(C)C(C)C(C)(C)C)c(Br)c1. The van der Waals surface area contributed by atoms with Gasteiger partial charge in [-0.15, -0.1) is 0 Å². The molecule has 0 aliphatic carbocycles. The molecule has 1 rings (SSSR count). The Hall–Kier alpha value is -0.540. The van der Waals surface area contributed by atoms with Crippen LogP contribution in [0.3, 0.4) is 0 Å². The molecule has 0 amide bonds. The lowest BCUT2D eigenvalue weighted by Gasteiger charge is -2.37. The van der Waals surface area contributed by atoms with Gasteiger partial charge in [0.15, 0.2) is 0 Å². The van der Waals surface area contributed by atoms with Gasteiger partial charge in [-0.25, -0.2) is 0 Å². The average Bonchev–Trinajstić information content (AvgIpc) is 2.33. The monoisotopic (exact) mass is 326 g/mol. The first-order chi connectivity index (χ1) is 8.77. The van der Waals surface area contributed by atoms with Gasteiger partial charge in [0.25, 0.3) is 0 Å². The number of hydrogen-bond acceptors (Lipinski definition) is 2. The van der Waals surface area contributed by atoms with Crippen LogP contribution in [0.5, 0.6) is 0 Å². The number of rotatable bonds is 5. The second-order valence-electron chi connectivity index (χ2n) is 6.22. The highest BCUT2D eigenvalue weighted by Gasteiger charge is 2.25. The van der Waals surface area contributed by atoms with Crippen molar-refractivity contribution in [2.75, 3.05) is 18.5 Å². The second-order valence-corrected chi connectivity index (χ2v) is 7.07. The van der Waals surface area contributed by atoms with E-state index in [1.807, 2.05) is 0 Å². The minimum atomic E-state index is 0.261. The zero-order valence-corrected chi connectivity index (χ0v) is 14.6. The highest BCUT2D eigenvalue weighted by molar-refractivity contribution is 9.10. The van der Waals surface area contributed by atoms with E-state index >= 15 is 0 Å². The topological polar surface area (TPSA) is 15.3 Å². The van der Waals surface area contributed by atoms with Crippen LogP contribution in [-0.4, -0.2) is 19.6 Å². The Morgan fingerprint density at radius 2 is 1.95 bits per heavy atom. The molecule has 0 radical (unpaired) electrons. The zero-order chi connectivity index (χ0) is 14.6. The van der Waals surface area contributed by atoms with Crippen LogP contribution in [0.1, 0.15) is 40.2 Å². The van der Waals surface area contributed by atoms with Gasteiger partial charge >= 0.3 is 0 Å². The van der Waals surface area contributed by atoms with E-state index in [-0.39, 0.29) is 5.41 Å². The van der Waals surface area contributed by atoms with Crippen LogP contribution in [0.2, 0.25) is 0 Å². The largest absolute Gasteiger partial charge is 0.370 e. The molecule has 1 aromatic carbocycles. The van der Waals surface area contributed by atoms with E-state index in [1.165, 1.54) is 15.7 Å². The third-order valence-corrected chi connectivity index (χ3v) is 4.44. The summed E-state index contributed by atoms with van der Waals surface area (Å²) in [6.45, 7) is 13.2. The molecule has 0 bridgehead atoms. The van der Waals surface area contributed by atoms with Gasteiger partial charge in [-0.1, -0.05) is 33.8 Å². The van der Waals surface area contributed by atoms with Gasteiger partial charge in [0.2, 0.25) is 0 Å². The van der Waals surface area contributed by atoms with Crippen LogP contribution >= 0.6 is 15.9 Å². The van der Waals surface area contributed by atoms with Crippen LogP contribution in [0.25, 0.3) is 0 Å².